The second-order valence-corrected chi connectivity index (χ2v) is 5.07. The van der Waals surface area contributed by atoms with Crippen LogP contribution in [-0.4, -0.2) is 43.6 Å². The van der Waals surface area contributed by atoms with Crippen LogP contribution < -0.4 is 10.1 Å². The van der Waals surface area contributed by atoms with Crippen LogP contribution in [0.2, 0.25) is 0 Å². The lowest BCUT2D eigenvalue weighted by Gasteiger charge is -2.21. The van der Waals surface area contributed by atoms with Gasteiger partial charge in [-0.2, -0.15) is 0 Å². The molecule has 4 nitrogen and oxygen atoms in total. The Morgan fingerprint density at radius 3 is 3.05 bits per heavy atom. The van der Waals surface area contributed by atoms with Gasteiger partial charge < -0.3 is 15.0 Å². The molecule has 104 valence electrons. The fourth-order valence-electron chi connectivity index (χ4n) is 2.28. The number of benzene rings is 1. The van der Waals surface area contributed by atoms with Crippen LogP contribution in [-0.2, 0) is 4.79 Å². The minimum Gasteiger partial charge on any atom is -0.492 e. The Bertz CT molecular complexity index is 428. The van der Waals surface area contributed by atoms with Gasteiger partial charge in [0.05, 0.1) is 12.6 Å². The summed E-state index contributed by atoms with van der Waals surface area (Å²) in [4.78, 5) is 13.8. The van der Waals surface area contributed by atoms with Crippen LogP contribution in [0.1, 0.15) is 18.4 Å². The van der Waals surface area contributed by atoms with E-state index in [2.05, 4.69) is 5.32 Å². The number of amides is 1. The van der Waals surface area contributed by atoms with Gasteiger partial charge >= 0.3 is 0 Å². The van der Waals surface area contributed by atoms with Crippen LogP contribution in [0.5, 0.6) is 5.75 Å². The van der Waals surface area contributed by atoms with E-state index in [1.165, 1.54) is 5.56 Å². The molecule has 1 fully saturated rings. The van der Waals surface area contributed by atoms with Crippen LogP contribution in [0.15, 0.2) is 24.3 Å². The summed E-state index contributed by atoms with van der Waals surface area (Å²) >= 11 is 0. The summed E-state index contributed by atoms with van der Waals surface area (Å²) in [5.74, 6) is 1.03. The van der Waals surface area contributed by atoms with Crippen molar-refractivity contribution in [2.75, 3.05) is 26.7 Å². The molecule has 1 amide bonds. The van der Waals surface area contributed by atoms with Gasteiger partial charge in [0.1, 0.15) is 12.4 Å². The number of hydrogen-bond donors (Lipinski definition) is 1. The molecule has 1 N–H and O–H groups in total. The molecule has 19 heavy (non-hydrogen) atoms. The Kier molecular flexibility index (Phi) is 4.80. The molecule has 0 radical (unpaired) electrons. The van der Waals surface area contributed by atoms with Crippen LogP contribution in [0.3, 0.4) is 0 Å². The molecule has 0 aliphatic carbocycles. The summed E-state index contributed by atoms with van der Waals surface area (Å²) in [6, 6.07) is 7.95. The molecule has 0 bridgehead atoms. The Hall–Kier alpha value is -1.55. The highest BCUT2D eigenvalue weighted by molar-refractivity contribution is 5.81. The predicted molar refractivity (Wildman–Crippen MR) is 75.3 cm³/mol. The summed E-state index contributed by atoms with van der Waals surface area (Å²) in [7, 11) is 1.84. The second kappa shape index (κ2) is 6.57. The predicted octanol–water partition coefficient (Wildman–Crippen LogP) is 1.58. The normalized spacial score (nSPS) is 18.3. The van der Waals surface area contributed by atoms with Crippen molar-refractivity contribution in [2.45, 2.75) is 25.8 Å². The van der Waals surface area contributed by atoms with E-state index in [1.807, 2.05) is 38.2 Å². The van der Waals surface area contributed by atoms with Gasteiger partial charge in [0.15, 0.2) is 0 Å². The lowest BCUT2D eigenvalue weighted by atomic mass is 10.2. The summed E-state index contributed by atoms with van der Waals surface area (Å²) in [6.45, 7) is 4.13. The molecule has 1 aromatic rings. The van der Waals surface area contributed by atoms with Gasteiger partial charge in [0, 0.05) is 7.05 Å². The van der Waals surface area contributed by atoms with Gasteiger partial charge in [-0.3, -0.25) is 4.79 Å². The van der Waals surface area contributed by atoms with Crippen molar-refractivity contribution in [1.29, 1.82) is 0 Å². The van der Waals surface area contributed by atoms with Crippen molar-refractivity contribution < 1.29 is 9.53 Å². The van der Waals surface area contributed by atoms with Crippen molar-refractivity contribution >= 4 is 5.91 Å². The number of hydrogen-bond acceptors (Lipinski definition) is 3. The summed E-state index contributed by atoms with van der Waals surface area (Å²) in [6.07, 6.45) is 2.03. The Morgan fingerprint density at radius 2 is 2.37 bits per heavy atom. The maximum Gasteiger partial charge on any atom is 0.239 e. The quantitative estimate of drug-likeness (QED) is 0.876. The molecule has 4 heteroatoms. The highest BCUT2D eigenvalue weighted by Gasteiger charge is 2.24. The van der Waals surface area contributed by atoms with Gasteiger partial charge in [-0.15, -0.1) is 0 Å². The number of nitrogens with one attached hydrogen (secondary N) is 1. The molecular weight excluding hydrogens is 240 g/mol. The summed E-state index contributed by atoms with van der Waals surface area (Å²) < 4.78 is 5.66. The SMILES string of the molecule is Cc1cccc(OCCN(C)C(=O)[C@@H]2CCCN2)c1. The molecule has 0 aromatic heterocycles. The zero-order valence-electron chi connectivity index (χ0n) is 11.7. The highest BCUT2D eigenvalue weighted by atomic mass is 16.5. The number of ether oxygens (including phenoxy) is 1. The van der Waals surface area contributed by atoms with Crippen molar-refractivity contribution in [3.63, 3.8) is 0 Å². The van der Waals surface area contributed by atoms with Crippen LogP contribution in [0.4, 0.5) is 0 Å². The van der Waals surface area contributed by atoms with Crippen LogP contribution >= 0.6 is 0 Å². The first-order valence-electron chi connectivity index (χ1n) is 6.84. The Labute approximate surface area is 114 Å². The molecule has 1 atom stereocenters. The van der Waals surface area contributed by atoms with E-state index in [0.717, 1.165) is 25.1 Å². The molecule has 0 unspecified atom stereocenters. The molecule has 1 aliphatic rings. The van der Waals surface area contributed by atoms with Crippen molar-refractivity contribution in [1.82, 2.24) is 10.2 Å². The number of likely N-dealkylation sites (N-methyl/N-ethyl adjacent to an activating group) is 1. The monoisotopic (exact) mass is 262 g/mol. The van der Waals surface area contributed by atoms with E-state index < -0.39 is 0 Å². The van der Waals surface area contributed by atoms with E-state index in [9.17, 15) is 4.79 Å². The first-order valence-corrected chi connectivity index (χ1v) is 6.84. The Morgan fingerprint density at radius 1 is 1.53 bits per heavy atom. The van der Waals surface area contributed by atoms with Crippen molar-refractivity contribution in [2.24, 2.45) is 0 Å². The third-order valence-corrected chi connectivity index (χ3v) is 3.42. The second-order valence-electron chi connectivity index (χ2n) is 5.07. The number of nitrogens with zero attached hydrogens (tertiary/aromatic N) is 1. The third-order valence-electron chi connectivity index (χ3n) is 3.42. The molecule has 1 saturated heterocycles. The topological polar surface area (TPSA) is 41.6 Å². The van der Waals surface area contributed by atoms with Crippen molar-refractivity contribution in [3.8, 4) is 5.75 Å². The van der Waals surface area contributed by atoms with E-state index >= 15 is 0 Å². The van der Waals surface area contributed by atoms with Crippen LogP contribution in [0.25, 0.3) is 0 Å². The average Bonchev–Trinajstić information content (AvgIpc) is 2.91. The van der Waals surface area contributed by atoms with E-state index in [-0.39, 0.29) is 11.9 Å². The van der Waals surface area contributed by atoms with Gasteiger partial charge in [-0.25, -0.2) is 0 Å². The largest absolute Gasteiger partial charge is 0.492 e. The molecular formula is C15H22N2O2. The molecule has 1 aliphatic heterocycles. The smallest absolute Gasteiger partial charge is 0.239 e. The third kappa shape index (κ3) is 3.96. The zero-order chi connectivity index (χ0) is 13.7. The molecule has 0 spiro atoms. The lowest BCUT2D eigenvalue weighted by Crippen LogP contribution is -2.43. The maximum atomic E-state index is 12.0. The van der Waals surface area contributed by atoms with Crippen LogP contribution in [0, 0.1) is 6.92 Å². The number of rotatable bonds is 5. The first kappa shape index (κ1) is 13.9. The van der Waals surface area contributed by atoms with Gasteiger partial charge in [0.2, 0.25) is 5.91 Å². The van der Waals surface area contributed by atoms with E-state index in [1.54, 1.807) is 4.90 Å². The number of aryl methyl sites for hydroxylation is 1. The molecule has 2 rings (SSSR count). The average molecular weight is 262 g/mol. The maximum absolute atomic E-state index is 12.0. The fraction of sp³-hybridized carbons (Fsp3) is 0.533. The van der Waals surface area contributed by atoms with Gasteiger partial charge in [0.25, 0.3) is 0 Å². The summed E-state index contributed by atoms with van der Waals surface area (Å²) in [5, 5.41) is 3.22. The Balaban J connectivity index is 1.74. The minimum atomic E-state index is 0.00368. The minimum absolute atomic E-state index is 0.00368. The van der Waals surface area contributed by atoms with Gasteiger partial charge in [-0.1, -0.05) is 12.1 Å². The van der Waals surface area contributed by atoms with Crippen molar-refractivity contribution in [3.05, 3.63) is 29.8 Å². The summed E-state index contributed by atoms with van der Waals surface area (Å²) in [5.41, 5.74) is 1.18. The lowest BCUT2D eigenvalue weighted by molar-refractivity contribution is -0.132. The molecule has 1 aromatic carbocycles. The molecule has 1 heterocycles. The fourth-order valence-corrected chi connectivity index (χ4v) is 2.28. The standard InChI is InChI=1S/C15H22N2O2/c1-12-5-3-6-13(11-12)19-10-9-17(2)15(18)14-7-4-8-16-14/h3,5-6,11,14,16H,4,7-10H2,1-2H3/t14-/m0/s1. The van der Waals surface area contributed by atoms with E-state index in [0.29, 0.717) is 13.2 Å². The molecule has 0 saturated carbocycles. The first-order chi connectivity index (χ1) is 9.16. The zero-order valence-corrected chi connectivity index (χ0v) is 11.7. The van der Waals surface area contributed by atoms with E-state index in [4.69, 9.17) is 4.74 Å². The van der Waals surface area contributed by atoms with Gasteiger partial charge in [-0.05, 0) is 44.0 Å². The number of carbonyl (C=O) groups excluding carboxylic acids is 1. The number of carbonyl (C=O) groups is 1. The highest BCUT2D eigenvalue weighted by Crippen LogP contribution is 2.12.